The van der Waals surface area contributed by atoms with Crippen LogP contribution in [-0.2, 0) is 0 Å². The predicted molar refractivity (Wildman–Crippen MR) is 139 cm³/mol. The van der Waals surface area contributed by atoms with Gasteiger partial charge in [0.25, 0.3) is 0 Å². The molecule has 4 nitrogen and oxygen atoms in total. The van der Waals surface area contributed by atoms with E-state index in [0.29, 0.717) is 5.69 Å². The van der Waals surface area contributed by atoms with Gasteiger partial charge in [-0.25, -0.2) is 9.97 Å². The molecule has 6 aromatic rings. The molecule has 0 aliphatic heterocycles. The summed E-state index contributed by atoms with van der Waals surface area (Å²) in [6.07, 6.45) is 1.81. The Labute approximate surface area is 201 Å². The minimum absolute atomic E-state index is 0.224. The van der Waals surface area contributed by atoms with Crippen molar-refractivity contribution in [3.05, 3.63) is 109 Å². The Balaban J connectivity index is 1.54. The summed E-state index contributed by atoms with van der Waals surface area (Å²) in [5.41, 5.74) is 5.65. The average molecular weight is 460 g/mol. The van der Waals surface area contributed by atoms with Crippen LogP contribution in [0.1, 0.15) is 5.56 Å². The summed E-state index contributed by atoms with van der Waals surface area (Å²) in [7, 11) is 0. The molecule has 0 spiro atoms. The Morgan fingerprint density at radius 3 is 2.47 bits per heavy atom. The van der Waals surface area contributed by atoms with Gasteiger partial charge in [-0.15, -0.1) is 0 Å². The van der Waals surface area contributed by atoms with Crippen molar-refractivity contribution in [1.29, 1.82) is 0 Å². The molecule has 0 aliphatic carbocycles. The zero-order valence-electron chi connectivity index (χ0n) is 18.5. The molecule has 0 radical (unpaired) electrons. The van der Waals surface area contributed by atoms with Gasteiger partial charge in [-0.05, 0) is 73.2 Å². The number of aromatic nitrogens is 3. The number of nitrogens with zero attached hydrogens (tertiary/aromatic N) is 3. The van der Waals surface area contributed by atoms with Crippen molar-refractivity contribution in [1.82, 2.24) is 14.5 Å². The molecule has 0 amide bonds. The van der Waals surface area contributed by atoms with Crippen LogP contribution in [0.15, 0.2) is 113 Å². The largest absolute Gasteiger partial charge is 0.506 e. The second-order valence-electron chi connectivity index (χ2n) is 8.21. The van der Waals surface area contributed by atoms with Crippen LogP contribution in [0.5, 0.6) is 5.75 Å². The molecular weight excluding hydrogens is 438 g/mol. The minimum Gasteiger partial charge on any atom is -0.506 e. The molecule has 0 fully saturated rings. The molecule has 3 aromatic heterocycles. The van der Waals surface area contributed by atoms with Gasteiger partial charge in [0, 0.05) is 27.4 Å². The highest BCUT2D eigenvalue weighted by atomic mass is 32.2. The Bertz CT molecular complexity index is 1660. The van der Waals surface area contributed by atoms with E-state index in [4.69, 9.17) is 4.98 Å². The van der Waals surface area contributed by atoms with E-state index >= 15 is 0 Å². The number of phenols is 1. The average Bonchev–Trinajstić information content (AvgIpc) is 3.18. The third kappa shape index (κ3) is 3.60. The summed E-state index contributed by atoms with van der Waals surface area (Å²) in [4.78, 5) is 10.7. The molecule has 3 heterocycles. The molecular formula is C29H21N3OS. The summed E-state index contributed by atoms with van der Waals surface area (Å²) in [5.74, 6) is 0.224. The van der Waals surface area contributed by atoms with Crippen LogP contribution in [0.25, 0.3) is 38.9 Å². The number of hydrogen-bond donors (Lipinski definition) is 1. The van der Waals surface area contributed by atoms with Gasteiger partial charge in [0.15, 0.2) is 0 Å². The van der Waals surface area contributed by atoms with Gasteiger partial charge in [0.1, 0.15) is 16.4 Å². The first-order chi connectivity index (χ1) is 16.7. The van der Waals surface area contributed by atoms with Gasteiger partial charge in [-0.3, -0.25) is 4.57 Å². The molecule has 3 aromatic carbocycles. The lowest BCUT2D eigenvalue weighted by Gasteiger charge is -2.10. The normalized spacial score (nSPS) is 11.3. The smallest absolute Gasteiger partial charge is 0.146 e. The van der Waals surface area contributed by atoms with E-state index in [1.165, 1.54) is 5.56 Å². The van der Waals surface area contributed by atoms with Crippen molar-refractivity contribution in [3.8, 4) is 22.7 Å². The van der Waals surface area contributed by atoms with Crippen LogP contribution in [0, 0.1) is 6.92 Å². The van der Waals surface area contributed by atoms with Crippen LogP contribution < -0.4 is 0 Å². The molecule has 0 saturated carbocycles. The summed E-state index contributed by atoms with van der Waals surface area (Å²) in [6, 6.07) is 32.2. The fourth-order valence-corrected chi connectivity index (χ4v) is 5.31. The van der Waals surface area contributed by atoms with Gasteiger partial charge in [0.2, 0.25) is 0 Å². The molecule has 0 bridgehead atoms. The van der Waals surface area contributed by atoms with Crippen molar-refractivity contribution in [3.63, 3.8) is 0 Å². The highest BCUT2D eigenvalue weighted by Crippen LogP contribution is 2.36. The first-order valence-corrected chi connectivity index (χ1v) is 11.9. The number of aromatic hydroxyl groups is 1. The highest BCUT2D eigenvalue weighted by Gasteiger charge is 2.16. The summed E-state index contributed by atoms with van der Waals surface area (Å²) >= 11 is 1.64. The number of rotatable bonds is 4. The van der Waals surface area contributed by atoms with E-state index in [9.17, 15) is 5.11 Å². The van der Waals surface area contributed by atoms with Gasteiger partial charge < -0.3 is 5.11 Å². The number of phenolic OH excluding ortho intramolecular Hbond substituents is 1. The molecule has 5 heteroatoms. The molecule has 0 atom stereocenters. The number of benzene rings is 3. The standard InChI is InChI=1S/C29H21N3OS/c1-19-16-20(18-21(17-19)34-28-12-6-7-15-30-28)24-14-13-23-22-8-2-3-9-25(22)32(29(23)31-24)26-10-4-5-11-27(26)33/h2-18,33H,1H3. The van der Waals surface area contributed by atoms with Crippen LogP contribution in [0.2, 0.25) is 0 Å². The molecule has 0 aliphatic rings. The topological polar surface area (TPSA) is 50.9 Å². The minimum atomic E-state index is 0.224. The van der Waals surface area contributed by atoms with Gasteiger partial charge in [-0.2, -0.15) is 0 Å². The monoisotopic (exact) mass is 459 g/mol. The third-order valence-corrected chi connectivity index (χ3v) is 6.77. The lowest BCUT2D eigenvalue weighted by molar-refractivity contribution is 0.473. The van der Waals surface area contributed by atoms with Crippen molar-refractivity contribution in [2.45, 2.75) is 16.8 Å². The molecule has 164 valence electrons. The van der Waals surface area contributed by atoms with E-state index in [0.717, 1.165) is 43.1 Å². The fourth-order valence-electron chi connectivity index (χ4n) is 4.38. The number of hydrogen-bond acceptors (Lipinski definition) is 4. The van der Waals surface area contributed by atoms with Crippen molar-refractivity contribution in [2.75, 3.05) is 0 Å². The van der Waals surface area contributed by atoms with Crippen LogP contribution in [0.4, 0.5) is 0 Å². The lowest BCUT2D eigenvalue weighted by atomic mass is 10.1. The Morgan fingerprint density at radius 2 is 1.62 bits per heavy atom. The van der Waals surface area contributed by atoms with Gasteiger partial charge in [0.05, 0.1) is 16.9 Å². The number of para-hydroxylation sites is 3. The molecule has 0 unspecified atom stereocenters. The zero-order valence-corrected chi connectivity index (χ0v) is 19.3. The highest BCUT2D eigenvalue weighted by molar-refractivity contribution is 7.99. The van der Waals surface area contributed by atoms with Crippen LogP contribution in [0.3, 0.4) is 0 Å². The van der Waals surface area contributed by atoms with E-state index in [-0.39, 0.29) is 5.75 Å². The summed E-state index contributed by atoms with van der Waals surface area (Å²) < 4.78 is 2.04. The van der Waals surface area contributed by atoms with E-state index < -0.39 is 0 Å². The Morgan fingerprint density at radius 1 is 0.794 bits per heavy atom. The Hall–Kier alpha value is -4.09. The van der Waals surface area contributed by atoms with Gasteiger partial charge in [-0.1, -0.05) is 48.2 Å². The fraction of sp³-hybridized carbons (Fsp3) is 0.0345. The number of pyridine rings is 2. The number of aryl methyl sites for hydroxylation is 1. The quantitative estimate of drug-likeness (QED) is 0.298. The predicted octanol–water partition coefficient (Wildman–Crippen LogP) is 7.41. The second kappa shape index (κ2) is 8.36. The summed E-state index contributed by atoms with van der Waals surface area (Å²) in [5, 5.41) is 13.8. The maximum atomic E-state index is 10.6. The molecule has 6 rings (SSSR count). The lowest BCUT2D eigenvalue weighted by Crippen LogP contribution is -1.97. The Kier molecular flexibility index (Phi) is 5.04. The van der Waals surface area contributed by atoms with Crippen LogP contribution in [-0.4, -0.2) is 19.6 Å². The molecule has 1 N–H and O–H groups in total. The molecule has 0 saturated heterocycles. The second-order valence-corrected chi connectivity index (χ2v) is 9.31. The zero-order chi connectivity index (χ0) is 23.1. The SMILES string of the molecule is Cc1cc(Sc2ccccn2)cc(-c2ccc3c4ccccc4n(-c4ccccc4O)c3n2)c1. The van der Waals surface area contributed by atoms with Crippen molar-refractivity contribution >= 4 is 33.7 Å². The van der Waals surface area contributed by atoms with E-state index in [1.807, 2.05) is 59.3 Å². The molecule has 34 heavy (non-hydrogen) atoms. The maximum Gasteiger partial charge on any atom is 0.146 e. The summed E-state index contributed by atoms with van der Waals surface area (Å²) in [6.45, 7) is 2.10. The van der Waals surface area contributed by atoms with E-state index in [2.05, 4.69) is 54.4 Å². The first-order valence-electron chi connectivity index (χ1n) is 11.1. The van der Waals surface area contributed by atoms with Gasteiger partial charge >= 0.3 is 0 Å². The van der Waals surface area contributed by atoms with Crippen molar-refractivity contribution in [2.24, 2.45) is 0 Å². The third-order valence-electron chi connectivity index (χ3n) is 5.85. The first kappa shape index (κ1) is 20.5. The van der Waals surface area contributed by atoms with E-state index in [1.54, 1.807) is 17.8 Å². The number of fused-ring (bicyclic) bond motifs is 3. The maximum absolute atomic E-state index is 10.6. The van der Waals surface area contributed by atoms with Crippen molar-refractivity contribution < 1.29 is 5.11 Å². The van der Waals surface area contributed by atoms with Crippen LogP contribution >= 0.6 is 11.8 Å².